The summed E-state index contributed by atoms with van der Waals surface area (Å²) in [6.07, 6.45) is 5.96. The van der Waals surface area contributed by atoms with Crippen molar-refractivity contribution in [2.75, 3.05) is 0 Å². The van der Waals surface area contributed by atoms with Crippen LogP contribution in [0.4, 0.5) is 0 Å². The number of nitrogens with zero attached hydrogens (tertiary/aromatic N) is 2. The molecule has 0 atom stereocenters. The molecule has 2 aromatic rings. The quantitative estimate of drug-likeness (QED) is 0.610. The van der Waals surface area contributed by atoms with Crippen molar-refractivity contribution in [1.82, 2.24) is 10.1 Å². The molecule has 0 bridgehead atoms. The van der Waals surface area contributed by atoms with Gasteiger partial charge in [0.25, 0.3) is 0 Å². The van der Waals surface area contributed by atoms with Crippen LogP contribution in [0.2, 0.25) is 0 Å². The van der Waals surface area contributed by atoms with Gasteiger partial charge in [-0.2, -0.15) is 0 Å². The van der Waals surface area contributed by atoms with Crippen molar-refractivity contribution in [3.05, 3.63) is 36.9 Å². The third-order valence-corrected chi connectivity index (χ3v) is 1.35. The highest BCUT2D eigenvalue weighted by atomic mass is 16.5. The molecule has 0 amide bonds. The predicted octanol–water partition coefficient (Wildman–Crippen LogP) is 1.54. The van der Waals surface area contributed by atoms with Crippen molar-refractivity contribution in [3.63, 3.8) is 0 Å². The van der Waals surface area contributed by atoms with Crippen LogP contribution in [0.15, 0.2) is 35.1 Å². The number of aromatic nitrogens is 2. The lowest BCUT2D eigenvalue weighted by molar-refractivity contribution is 0.415. The standard InChI is InChI=1S/C8H5N2O/c1-2-7(6-9-4-1)8-3-5-11-10-8/h1-4,6H. The predicted molar refractivity (Wildman–Crippen MR) is 38.6 cm³/mol. The Morgan fingerprint density at radius 3 is 3.09 bits per heavy atom. The second-order valence-corrected chi connectivity index (χ2v) is 2.07. The lowest BCUT2D eigenvalue weighted by Crippen LogP contribution is -1.76. The normalized spacial score (nSPS) is 9.82. The van der Waals surface area contributed by atoms with E-state index in [1.165, 1.54) is 0 Å². The van der Waals surface area contributed by atoms with E-state index in [1.807, 2.05) is 12.1 Å². The van der Waals surface area contributed by atoms with Crippen LogP contribution in [-0.2, 0) is 0 Å². The van der Waals surface area contributed by atoms with Crippen molar-refractivity contribution < 1.29 is 4.52 Å². The maximum Gasteiger partial charge on any atom is 0.205 e. The Kier molecular flexibility index (Phi) is 1.41. The molecule has 1 radical (unpaired) electrons. The SMILES string of the molecule is [c]1cc(-c2cccnc2)no1. The molecule has 0 aliphatic carbocycles. The van der Waals surface area contributed by atoms with Gasteiger partial charge < -0.3 is 4.52 Å². The zero-order chi connectivity index (χ0) is 7.52. The minimum absolute atomic E-state index is 0.762. The molecule has 11 heavy (non-hydrogen) atoms. The largest absolute Gasteiger partial charge is 0.352 e. The minimum atomic E-state index is 0.762. The molecule has 0 aliphatic heterocycles. The van der Waals surface area contributed by atoms with Gasteiger partial charge in [-0.1, -0.05) is 5.16 Å². The van der Waals surface area contributed by atoms with E-state index in [0.29, 0.717) is 0 Å². The molecule has 2 rings (SSSR count). The first-order valence-corrected chi connectivity index (χ1v) is 3.20. The molecular weight excluding hydrogens is 140 g/mol. The molecular formula is C8H5N2O. The molecule has 0 aromatic carbocycles. The van der Waals surface area contributed by atoms with Gasteiger partial charge in [-0.3, -0.25) is 4.98 Å². The maximum atomic E-state index is 4.57. The summed E-state index contributed by atoms with van der Waals surface area (Å²) in [4.78, 5) is 3.95. The van der Waals surface area contributed by atoms with E-state index in [9.17, 15) is 0 Å². The molecule has 0 N–H and O–H groups in total. The third-order valence-electron chi connectivity index (χ3n) is 1.35. The molecule has 0 saturated carbocycles. The molecule has 0 spiro atoms. The van der Waals surface area contributed by atoms with Gasteiger partial charge in [0.15, 0.2) is 0 Å². The number of hydrogen-bond donors (Lipinski definition) is 0. The Morgan fingerprint density at radius 1 is 1.45 bits per heavy atom. The maximum absolute atomic E-state index is 4.57. The van der Waals surface area contributed by atoms with Crippen molar-refractivity contribution in [2.45, 2.75) is 0 Å². The van der Waals surface area contributed by atoms with Crippen molar-refractivity contribution >= 4 is 0 Å². The Hall–Kier alpha value is -1.64. The fraction of sp³-hybridized carbons (Fsp3) is 0. The topological polar surface area (TPSA) is 38.9 Å². The highest BCUT2D eigenvalue weighted by Gasteiger charge is 1.98. The van der Waals surface area contributed by atoms with Crippen LogP contribution >= 0.6 is 0 Å². The van der Waals surface area contributed by atoms with E-state index >= 15 is 0 Å². The summed E-state index contributed by atoms with van der Waals surface area (Å²) >= 11 is 0. The van der Waals surface area contributed by atoms with Crippen molar-refractivity contribution in [3.8, 4) is 11.3 Å². The number of hydrogen-bond acceptors (Lipinski definition) is 3. The lowest BCUT2D eigenvalue weighted by atomic mass is 10.2. The van der Waals surface area contributed by atoms with Gasteiger partial charge in [0.05, 0.1) is 0 Å². The summed E-state index contributed by atoms with van der Waals surface area (Å²) in [5.41, 5.74) is 1.70. The Bertz CT molecular complexity index is 315. The van der Waals surface area contributed by atoms with Gasteiger partial charge in [-0.05, 0) is 12.1 Å². The molecule has 3 heteroatoms. The Morgan fingerprint density at radius 2 is 2.45 bits per heavy atom. The summed E-state index contributed by atoms with van der Waals surface area (Å²) < 4.78 is 4.57. The van der Waals surface area contributed by atoms with E-state index in [-0.39, 0.29) is 0 Å². The zero-order valence-corrected chi connectivity index (χ0v) is 5.69. The third kappa shape index (κ3) is 1.12. The van der Waals surface area contributed by atoms with Crippen LogP contribution in [-0.4, -0.2) is 10.1 Å². The first-order valence-electron chi connectivity index (χ1n) is 3.20. The first kappa shape index (κ1) is 6.09. The molecule has 2 aromatic heterocycles. The minimum Gasteiger partial charge on any atom is -0.352 e. The monoisotopic (exact) mass is 145 g/mol. The van der Waals surface area contributed by atoms with Gasteiger partial charge in [0.1, 0.15) is 5.69 Å². The van der Waals surface area contributed by atoms with E-state index in [0.717, 1.165) is 11.3 Å². The average Bonchev–Trinajstić information content (AvgIpc) is 2.58. The molecule has 2 heterocycles. The van der Waals surface area contributed by atoms with E-state index in [2.05, 4.69) is 20.9 Å². The second-order valence-electron chi connectivity index (χ2n) is 2.07. The number of rotatable bonds is 1. The van der Waals surface area contributed by atoms with Crippen LogP contribution < -0.4 is 0 Å². The summed E-state index contributed by atoms with van der Waals surface area (Å²) in [6.45, 7) is 0. The van der Waals surface area contributed by atoms with E-state index < -0.39 is 0 Å². The van der Waals surface area contributed by atoms with E-state index in [4.69, 9.17) is 0 Å². The van der Waals surface area contributed by atoms with Gasteiger partial charge in [0, 0.05) is 24.0 Å². The molecule has 0 saturated heterocycles. The fourth-order valence-electron chi connectivity index (χ4n) is 0.834. The Balaban J connectivity index is 2.46. The molecule has 0 unspecified atom stereocenters. The molecule has 3 nitrogen and oxygen atoms in total. The van der Waals surface area contributed by atoms with Crippen molar-refractivity contribution in [2.24, 2.45) is 0 Å². The molecule has 53 valence electrons. The number of pyridine rings is 1. The van der Waals surface area contributed by atoms with Gasteiger partial charge in [-0.15, -0.1) is 0 Å². The summed E-state index contributed by atoms with van der Waals surface area (Å²) in [5, 5.41) is 3.72. The highest BCUT2D eigenvalue weighted by molar-refractivity contribution is 5.55. The Labute approximate surface area is 63.7 Å². The summed E-state index contributed by atoms with van der Waals surface area (Å²) in [7, 11) is 0. The lowest BCUT2D eigenvalue weighted by Gasteiger charge is -1.89. The van der Waals surface area contributed by atoms with Crippen LogP contribution in [0.5, 0.6) is 0 Å². The van der Waals surface area contributed by atoms with E-state index in [1.54, 1.807) is 18.5 Å². The van der Waals surface area contributed by atoms with Crippen molar-refractivity contribution in [1.29, 1.82) is 0 Å². The highest BCUT2D eigenvalue weighted by Crippen LogP contribution is 2.13. The first-order chi connectivity index (χ1) is 5.47. The smallest absolute Gasteiger partial charge is 0.205 e. The van der Waals surface area contributed by atoms with Crippen LogP contribution in [0.25, 0.3) is 11.3 Å². The second kappa shape index (κ2) is 2.54. The average molecular weight is 145 g/mol. The fourth-order valence-corrected chi connectivity index (χ4v) is 0.834. The van der Waals surface area contributed by atoms with Crippen LogP contribution in [0, 0.1) is 6.26 Å². The van der Waals surface area contributed by atoms with Crippen LogP contribution in [0.3, 0.4) is 0 Å². The van der Waals surface area contributed by atoms with Gasteiger partial charge in [0.2, 0.25) is 6.26 Å². The summed E-state index contributed by atoms with van der Waals surface area (Å²) in [6, 6.07) is 5.44. The molecule has 0 fully saturated rings. The molecule has 0 aliphatic rings. The van der Waals surface area contributed by atoms with Gasteiger partial charge >= 0.3 is 0 Å². The van der Waals surface area contributed by atoms with Gasteiger partial charge in [-0.25, -0.2) is 0 Å². The summed E-state index contributed by atoms with van der Waals surface area (Å²) in [5.74, 6) is 0. The zero-order valence-electron chi connectivity index (χ0n) is 5.69. The van der Waals surface area contributed by atoms with Crippen LogP contribution in [0.1, 0.15) is 0 Å².